The van der Waals surface area contributed by atoms with Gasteiger partial charge in [-0.1, -0.05) is 58.4 Å². The fourth-order valence-corrected chi connectivity index (χ4v) is 3.31. The minimum Gasteiger partial charge on any atom is -0.342 e. The highest BCUT2D eigenvalue weighted by molar-refractivity contribution is 9.10. The van der Waals surface area contributed by atoms with Crippen LogP contribution < -0.4 is 5.43 Å². The lowest BCUT2D eigenvalue weighted by atomic mass is 10.1. The Hall–Kier alpha value is -3.25. The first-order chi connectivity index (χ1) is 13.7. The van der Waals surface area contributed by atoms with Crippen LogP contribution in [0.5, 0.6) is 0 Å². The van der Waals surface area contributed by atoms with E-state index in [0.29, 0.717) is 12.0 Å². The highest BCUT2D eigenvalue weighted by Crippen LogP contribution is 2.16. The number of halogens is 1. The van der Waals surface area contributed by atoms with Crippen LogP contribution >= 0.6 is 15.9 Å². The van der Waals surface area contributed by atoms with Gasteiger partial charge in [-0.3, -0.25) is 4.79 Å². The number of carbonyl (C=O) groups excluding carboxylic acids is 1. The van der Waals surface area contributed by atoms with E-state index in [1.54, 1.807) is 18.3 Å². The van der Waals surface area contributed by atoms with Crippen molar-refractivity contribution in [3.63, 3.8) is 0 Å². The van der Waals surface area contributed by atoms with Crippen molar-refractivity contribution in [1.82, 2.24) is 15.4 Å². The Morgan fingerprint density at radius 1 is 1.07 bits per heavy atom. The molecule has 0 atom stereocenters. The smallest absolute Gasteiger partial charge is 0.271 e. The molecular formula is C22H17BrN4O. The summed E-state index contributed by atoms with van der Waals surface area (Å²) >= 11 is 3.41. The maximum atomic E-state index is 12.4. The van der Waals surface area contributed by atoms with E-state index in [1.165, 1.54) is 5.56 Å². The largest absolute Gasteiger partial charge is 0.342 e. The number of hydrogen-bond donors (Lipinski definition) is 2. The molecular weight excluding hydrogens is 416 g/mol. The Kier molecular flexibility index (Phi) is 5.30. The average Bonchev–Trinajstić information content (AvgIpc) is 3.10. The number of nitrogens with zero attached hydrogens (tertiary/aromatic N) is 2. The number of benzene rings is 3. The summed E-state index contributed by atoms with van der Waals surface area (Å²) in [6.07, 6.45) is 2.32. The molecule has 28 heavy (non-hydrogen) atoms. The first kappa shape index (κ1) is 18.1. The van der Waals surface area contributed by atoms with Gasteiger partial charge in [-0.05, 0) is 41.5 Å². The monoisotopic (exact) mass is 432 g/mol. The summed E-state index contributed by atoms with van der Waals surface area (Å²) in [7, 11) is 0. The molecule has 4 aromatic rings. The number of fused-ring (bicyclic) bond motifs is 1. The van der Waals surface area contributed by atoms with E-state index in [1.807, 2.05) is 48.5 Å². The zero-order valence-corrected chi connectivity index (χ0v) is 16.5. The van der Waals surface area contributed by atoms with Gasteiger partial charge >= 0.3 is 0 Å². The Morgan fingerprint density at radius 2 is 1.93 bits per heavy atom. The van der Waals surface area contributed by atoms with Gasteiger partial charge in [0.1, 0.15) is 5.82 Å². The molecule has 0 unspecified atom stereocenters. The van der Waals surface area contributed by atoms with Crippen molar-refractivity contribution in [2.24, 2.45) is 5.10 Å². The van der Waals surface area contributed by atoms with Crippen LogP contribution in [-0.4, -0.2) is 22.1 Å². The van der Waals surface area contributed by atoms with E-state index in [0.717, 1.165) is 26.9 Å². The second-order valence-electron chi connectivity index (χ2n) is 6.33. The van der Waals surface area contributed by atoms with Crippen molar-refractivity contribution in [2.45, 2.75) is 6.42 Å². The number of aromatic nitrogens is 2. The summed E-state index contributed by atoms with van der Waals surface area (Å²) in [4.78, 5) is 20.3. The van der Waals surface area contributed by atoms with Gasteiger partial charge in [0.2, 0.25) is 0 Å². The SMILES string of the molecule is O=C(N/N=C\c1cccc(Br)c1)c1ccc2nc(Cc3ccccc3)[nH]c2c1. The topological polar surface area (TPSA) is 70.1 Å². The first-order valence-electron chi connectivity index (χ1n) is 8.79. The molecule has 138 valence electrons. The standard InChI is InChI=1S/C22H17BrN4O/c23-18-8-4-7-16(11-18)14-24-27-22(28)17-9-10-19-20(13-17)26-21(25-19)12-15-5-2-1-3-6-15/h1-11,13-14H,12H2,(H,25,26)(H,27,28)/b24-14-. The summed E-state index contributed by atoms with van der Waals surface area (Å²) in [6.45, 7) is 0. The lowest BCUT2D eigenvalue weighted by Crippen LogP contribution is -2.17. The molecule has 1 heterocycles. The van der Waals surface area contributed by atoms with Crippen LogP contribution in [0.2, 0.25) is 0 Å². The van der Waals surface area contributed by atoms with Gasteiger partial charge in [-0.2, -0.15) is 5.10 Å². The molecule has 4 rings (SSSR count). The van der Waals surface area contributed by atoms with Gasteiger partial charge in [0.25, 0.3) is 5.91 Å². The molecule has 0 spiro atoms. The molecule has 1 aromatic heterocycles. The minimum atomic E-state index is -0.271. The van der Waals surface area contributed by atoms with E-state index < -0.39 is 0 Å². The van der Waals surface area contributed by atoms with Gasteiger partial charge in [0, 0.05) is 16.5 Å². The molecule has 0 radical (unpaired) electrons. The van der Waals surface area contributed by atoms with Gasteiger partial charge in [0.05, 0.1) is 17.2 Å². The van der Waals surface area contributed by atoms with Gasteiger partial charge < -0.3 is 4.98 Å². The summed E-state index contributed by atoms with van der Waals surface area (Å²) in [5.74, 6) is 0.596. The molecule has 5 nitrogen and oxygen atoms in total. The Morgan fingerprint density at radius 3 is 2.75 bits per heavy atom. The molecule has 0 aliphatic rings. The lowest BCUT2D eigenvalue weighted by molar-refractivity contribution is 0.0955. The first-order valence-corrected chi connectivity index (χ1v) is 9.58. The van der Waals surface area contributed by atoms with Gasteiger partial charge in [-0.15, -0.1) is 0 Å². The van der Waals surface area contributed by atoms with E-state index in [9.17, 15) is 4.79 Å². The van der Waals surface area contributed by atoms with Gasteiger partial charge in [-0.25, -0.2) is 10.4 Å². The number of rotatable bonds is 5. The number of hydrogen-bond acceptors (Lipinski definition) is 3. The van der Waals surface area contributed by atoms with Crippen LogP contribution in [-0.2, 0) is 6.42 Å². The Balaban J connectivity index is 1.47. The van der Waals surface area contributed by atoms with Crippen molar-refractivity contribution in [2.75, 3.05) is 0 Å². The van der Waals surface area contributed by atoms with Gasteiger partial charge in [0.15, 0.2) is 0 Å². The van der Waals surface area contributed by atoms with E-state index in [-0.39, 0.29) is 5.91 Å². The van der Waals surface area contributed by atoms with Crippen LogP contribution in [0, 0.1) is 0 Å². The van der Waals surface area contributed by atoms with Crippen LogP contribution in [0.15, 0.2) is 82.4 Å². The van der Waals surface area contributed by atoms with Crippen molar-refractivity contribution in [1.29, 1.82) is 0 Å². The second kappa shape index (κ2) is 8.19. The molecule has 0 aliphatic heterocycles. The number of nitrogens with one attached hydrogen (secondary N) is 2. The molecule has 3 aromatic carbocycles. The van der Waals surface area contributed by atoms with Crippen LogP contribution in [0.25, 0.3) is 11.0 Å². The molecule has 2 N–H and O–H groups in total. The number of aromatic amines is 1. The van der Waals surface area contributed by atoms with Crippen LogP contribution in [0.4, 0.5) is 0 Å². The maximum absolute atomic E-state index is 12.4. The number of imidazole rings is 1. The summed E-state index contributed by atoms with van der Waals surface area (Å²) in [6, 6.07) is 23.2. The van der Waals surface area contributed by atoms with E-state index >= 15 is 0 Å². The molecule has 0 fully saturated rings. The fraction of sp³-hybridized carbons (Fsp3) is 0.0455. The maximum Gasteiger partial charge on any atom is 0.271 e. The van der Waals surface area contributed by atoms with Crippen molar-refractivity contribution in [3.05, 3.63) is 99.8 Å². The zero-order valence-electron chi connectivity index (χ0n) is 14.9. The molecule has 0 aliphatic carbocycles. The normalized spacial score (nSPS) is 11.2. The number of amides is 1. The Bertz CT molecular complexity index is 1150. The van der Waals surface area contributed by atoms with Crippen LogP contribution in [0.3, 0.4) is 0 Å². The van der Waals surface area contributed by atoms with E-state index in [4.69, 9.17) is 0 Å². The average molecular weight is 433 g/mol. The van der Waals surface area contributed by atoms with E-state index in [2.05, 4.69) is 48.6 Å². The number of hydrazone groups is 1. The summed E-state index contributed by atoms with van der Waals surface area (Å²) < 4.78 is 0.957. The third kappa shape index (κ3) is 4.35. The predicted molar refractivity (Wildman–Crippen MR) is 115 cm³/mol. The molecule has 6 heteroatoms. The third-order valence-corrected chi connectivity index (χ3v) is 4.73. The zero-order chi connectivity index (χ0) is 19.3. The van der Waals surface area contributed by atoms with Crippen LogP contribution in [0.1, 0.15) is 27.3 Å². The summed E-state index contributed by atoms with van der Waals surface area (Å²) in [5.41, 5.74) is 6.82. The summed E-state index contributed by atoms with van der Waals surface area (Å²) in [5, 5.41) is 4.03. The minimum absolute atomic E-state index is 0.271. The Labute approximate surface area is 170 Å². The predicted octanol–water partition coefficient (Wildman–Crippen LogP) is 4.68. The molecule has 0 bridgehead atoms. The quantitative estimate of drug-likeness (QED) is 0.355. The van der Waals surface area contributed by atoms with Crippen molar-refractivity contribution >= 4 is 39.1 Å². The number of carbonyl (C=O) groups is 1. The third-order valence-electron chi connectivity index (χ3n) is 4.24. The van der Waals surface area contributed by atoms with Crippen molar-refractivity contribution < 1.29 is 4.79 Å². The highest BCUT2D eigenvalue weighted by atomic mass is 79.9. The molecule has 1 amide bonds. The molecule has 0 saturated heterocycles. The lowest BCUT2D eigenvalue weighted by Gasteiger charge is -2.00. The molecule has 0 saturated carbocycles. The van der Waals surface area contributed by atoms with Crippen molar-refractivity contribution in [3.8, 4) is 0 Å². The number of H-pyrrole nitrogens is 1. The highest BCUT2D eigenvalue weighted by Gasteiger charge is 2.09. The fourth-order valence-electron chi connectivity index (χ4n) is 2.89. The second-order valence-corrected chi connectivity index (χ2v) is 7.25.